The van der Waals surface area contributed by atoms with E-state index >= 15 is 0 Å². The van der Waals surface area contributed by atoms with Crippen molar-refractivity contribution in [3.63, 3.8) is 0 Å². The van der Waals surface area contributed by atoms with Crippen molar-refractivity contribution in [2.24, 2.45) is 0 Å². The Bertz CT molecular complexity index is 1200. The van der Waals surface area contributed by atoms with Crippen LogP contribution >= 0.6 is 23.2 Å². The van der Waals surface area contributed by atoms with Gasteiger partial charge in [0.05, 0.1) is 22.9 Å². The molecule has 4 aromatic rings. The van der Waals surface area contributed by atoms with Gasteiger partial charge < -0.3 is 4.74 Å². The van der Waals surface area contributed by atoms with Crippen molar-refractivity contribution in [3.05, 3.63) is 76.3 Å². The molecule has 0 N–H and O–H groups in total. The molecule has 0 saturated heterocycles. The number of imidazole rings is 1. The Morgan fingerprint density at radius 3 is 2.76 bits per heavy atom. The molecule has 0 aliphatic carbocycles. The first-order valence-electron chi connectivity index (χ1n) is 8.91. The maximum absolute atomic E-state index is 8.83. The Balaban J connectivity index is 1.50. The number of nitrogens with zero attached hydrogens (tertiary/aromatic N) is 5. The Kier molecular flexibility index (Phi) is 5.61. The third-order valence-corrected chi connectivity index (χ3v) is 4.87. The molecule has 8 heteroatoms. The average Bonchev–Trinajstić information content (AvgIpc) is 3.20. The van der Waals surface area contributed by atoms with E-state index in [4.69, 9.17) is 33.2 Å². The van der Waals surface area contributed by atoms with E-state index in [1.54, 1.807) is 41.2 Å². The molecule has 0 radical (unpaired) electrons. The summed E-state index contributed by atoms with van der Waals surface area (Å²) in [6.45, 7) is 0.458. The molecule has 0 atom stereocenters. The van der Waals surface area contributed by atoms with Crippen molar-refractivity contribution in [1.82, 2.24) is 19.4 Å². The molecule has 0 amide bonds. The summed E-state index contributed by atoms with van der Waals surface area (Å²) >= 11 is 12.3. The van der Waals surface area contributed by atoms with Gasteiger partial charge in [-0.05, 0) is 43.2 Å². The Labute approximate surface area is 177 Å². The van der Waals surface area contributed by atoms with E-state index < -0.39 is 0 Å². The fraction of sp³-hybridized carbons (Fsp3) is 0.143. The zero-order chi connectivity index (χ0) is 20.2. The summed E-state index contributed by atoms with van der Waals surface area (Å²) in [5.74, 6) is 0. The van der Waals surface area contributed by atoms with Crippen LogP contribution in [0.4, 0.5) is 0 Å². The van der Waals surface area contributed by atoms with E-state index in [-0.39, 0.29) is 0 Å². The zero-order valence-electron chi connectivity index (χ0n) is 15.2. The maximum Gasteiger partial charge on any atom is 0.302 e. The minimum Gasteiger partial charge on any atom is -0.464 e. The van der Waals surface area contributed by atoms with Gasteiger partial charge in [-0.15, -0.1) is 0 Å². The highest BCUT2D eigenvalue weighted by Gasteiger charge is 2.12. The van der Waals surface area contributed by atoms with Crippen LogP contribution < -0.4 is 4.74 Å². The van der Waals surface area contributed by atoms with Crippen molar-refractivity contribution >= 4 is 28.8 Å². The molecule has 0 aliphatic rings. The van der Waals surface area contributed by atoms with E-state index in [9.17, 15) is 0 Å². The molecular formula is C21H15Cl2N5O. The van der Waals surface area contributed by atoms with E-state index in [0.717, 1.165) is 24.1 Å². The van der Waals surface area contributed by atoms with Gasteiger partial charge in [0, 0.05) is 40.9 Å². The third-order valence-electron chi connectivity index (χ3n) is 4.33. The minimum atomic E-state index is 0.439. The highest BCUT2D eigenvalue weighted by atomic mass is 35.5. The molecule has 1 aromatic carbocycles. The number of aryl methyl sites for hydroxylation is 1. The summed E-state index contributed by atoms with van der Waals surface area (Å²) in [4.78, 5) is 13.2. The summed E-state index contributed by atoms with van der Waals surface area (Å²) in [6.07, 6.45) is 6.56. The molecule has 29 heavy (non-hydrogen) atoms. The Morgan fingerprint density at radius 1 is 1.10 bits per heavy atom. The topological polar surface area (TPSA) is 76.1 Å². The van der Waals surface area contributed by atoms with Crippen molar-refractivity contribution in [2.75, 3.05) is 6.61 Å². The molecule has 6 nitrogen and oxygen atoms in total. The number of aromatic nitrogens is 4. The van der Waals surface area contributed by atoms with Crippen molar-refractivity contribution in [1.29, 1.82) is 5.26 Å². The van der Waals surface area contributed by atoms with Crippen LogP contribution in [0.5, 0.6) is 6.01 Å². The lowest BCUT2D eigenvalue weighted by Gasteiger charge is -2.11. The summed E-state index contributed by atoms with van der Waals surface area (Å²) in [5, 5.41) is 9.91. The van der Waals surface area contributed by atoms with Crippen LogP contribution in [0, 0.1) is 11.3 Å². The first kappa shape index (κ1) is 19.2. The summed E-state index contributed by atoms with van der Waals surface area (Å²) in [6, 6.07) is 13.2. The number of fused-ring (bicyclic) bond motifs is 1. The molecular weight excluding hydrogens is 409 g/mol. The quantitative estimate of drug-likeness (QED) is 0.408. The van der Waals surface area contributed by atoms with E-state index in [0.29, 0.717) is 39.6 Å². The number of nitriles is 1. The predicted octanol–water partition coefficient (Wildman–Crippen LogP) is 4.98. The molecule has 0 fully saturated rings. The largest absolute Gasteiger partial charge is 0.464 e. The van der Waals surface area contributed by atoms with Gasteiger partial charge in [-0.1, -0.05) is 23.2 Å². The van der Waals surface area contributed by atoms with Gasteiger partial charge >= 0.3 is 6.01 Å². The van der Waals surface area contributed by atoms with Gasteiger partial charge in [-0.2, -0.15) is 10.2 Å². The van der Waals surface area contributed by atoms with Crippen LogP contribution in [0.1, 0.15) is 17.7 Å². The lowest BCUT2D eigenvalue weighted by atomic mass is 10.1. The summed E-state index contributed by atoms with van der Waals surface area (Å²) in [5.41, 5.74) is 3.59. The number of pyridine rings is 1. The molecule has 3 heterocycles. The molecule has 3 aromatic heterocycles. The second-order valence-electron chi connectivity index (χ2n) is 6.31. The van der Waals surface area contributed by atoms with Gasteiger partial charge in [0.15, 0.2) is 0 Å². The molecule has 0 aliphatic heterocycles. The van der Waals surface area contributed by atoms with Gasteiger partial charge in [0.1, 0.15) is 11.7 Å². The van der Waals surface area contributed by atoms with Gasteiger partial charge in [-0.3, -0.25) is 9.38 Å². The van der Waals surface area contributed by atoms with Gasteiger partial charge in [0.25, 0.3) is 0 Å². The zero-order valence-corrected chi connectivity index (χ0v) is 16.7. The fourth-order valence-electron chi connectivity index (χ4n) is 2.89. The van der Waals surface area contributed by atoms with Crippen LogP contribution in [-0.2, 0) is 6.42 Å². The lowest BCUT2D eigenvalue weighted by Crippen LogP contribution is -2.06. The number of benzene rings is 1. The third kappa shape index (κ3) is 4.32. The molecule has 0 spiro atoms. The minimum absolute atomic E-state index is 0.439. The van der Waals surface area contributed by atoms with Gasteiger partial charge in [-0.25, -0.2) is 4.98 Å². The Hall–Kier alpha value is -3.14. The molecule has 4 rings (SSSR count). The highest BCUT2D eigenvalue weighted by molar-refractivity contribution is 6.36. The normalized spacial score (nSPS) is 10.8. The Morgan fingerprint density at radius 2 is 2.00 bits per heavy atom. The van der Waals surface area contributed by atoms with E-state index in [2.05, 4.69) is 21.0 Å². The summed E-state index contributed by atoms with van der Waals surface area (Å²) in [7, 11) is 0. The molecule has 0 unspecified atom stereocenters. The van der Waals surface area contributed by atoms with Crippen molar-refractivity contribution in [2.45, 2.75) is 12.8 Å². The second-order valence-corrected chi connectivity index (χ2v) is 7.15. The number of rotatable bonds is 6. The van der Waals surface area contributed by atoms with Crippen LogP contribution in [0.15, 0.2) is 55.0 Å². The monoisotopic (exact) mass is 423 g/mol. The predicted molar refractivity (Wildman–Crippen MR) is 111 cm³/mol. The smallest absolute Gasteiger partial charge is 0.302 e. The number of ether oxygens (including phenoxy) is 1. The first-order valence-corrected chi connectivity index (χ1v) is 9.67. The first-order chi connectivity index (χ1) is 14.1. The van der Waals surface area contributed by atoms with E-state index in [1.165, 1.54) is 0 Å². The van der Waals surface area contributed by atoms with Gasteiger partial charge in [0.2, 0.25) is 0 Å². The van der Waals surface area contributed by atoms with E-state index in [1.807, 2.05) is 18.2 Å². The van der Waals surface area contributed by atoms with Crippen LogP contribution in [-0.4, -0.2) is 26.0 Å². The number of hydrogen-bond acceptors (Lipinski definition) is 5. The molecule has 0 saturated carbocycles. The van der Waals surface area contributed by atoms with Crippen LogP contribution in [0.25, 0.3) is 16.9 Å². The standard InChI is InChI=1S/C21H15Cl2N5O/c22-15-4-6-17(18(23)10-15)19-11-20-25-7-8-28(20)21(27-19)29-9-1-2-16-5-3-14(12-24)13-26-16/h3-8,10-11,13H,1-2,9H2. The summed E-state index contributed by atoms with van der Waals surface area (Å²) < 4.78 is 7.72. The van der Waals surface area contributed by atoms with Crippen LogP contribution in [0.3, 0.4) is 0 Å². The second kappa shape index (κ2) is 8.48. The molecule has 144 valence electrons. The number of hydrogen-bond donors (Lipinski definition) is 0. The van der Waals surface area contributed by atoms with Crippen molar-refractivity contribution < 1.29 is 4.74 Å². The average molecular weight is 424 g/mol. The van der Waals surface area contributed by atoms with Crippen molar-refractivity contribution in [3.8, 4) is 23.3 Å². The number of halogens is 2. The maximum atomic E-state index is 8.83. The highest BCUT2D eigenvalue weighted by Crippen LogP contribution is 2.31. The van der Waals surface area contributed by atoms with Crippen LogP contribution in [0.2, 0.25) is 10.0 Å². The fourth-order valence-corrected chi connectivity index (χ4v) is 3.39. The SMILES string of the molecule is N#Cc1ccc(CCCOc2nc(-c3ccc(Cl)cc3Cl)cc3nccn23)nc1. The lowest BCUT2D eigenvalue weighted by molar-refractivity contribution is 0.283. The molecule has 0 bridgehead atoms.